The smallest absolute Gasteiger partial charge is 0.410 e. The molecule has 4 nitrogen and oxygen atoms in total. The third-order valence-electron chi connectivity index (χ3n) is 2.82. The van der Waals surface area contributed by atoms with Crippen LogP contribution in [-0.2, 0) is 4.74 Å². The lowest BCUT2D eigenvalue weighted by Gasteiger charge is -2.36. The van der Waals surface area contributed by atoms with Crippen molar-refractivity contribution in [1.29, 1.82) is 0 Å². The summed E-state index contributed by atoms with van der Waals surface area (Å²) in [6.07, 6.45) is -0.275. The highest BCUT2D eigenvalue weighted by molar-refractivity contribution is 7.10. The van der Waals surface area contributed by atoms with E-state index < -0.39 is 5.60 Å². The van der Waals surface area contributed by atoms with Crippen molar-refractivity contribution in [1.82, 2.24) is 10.2 Å². The van der Waals surface area contributed by atoms with Gasteiger partial charge in [-0.05, 0) is 32.2 Å². The van der Waals surface area contributed by atoms with Crippen LogP contribution in [0.2, 0.25) is 5.02 Å². The van der Waals surface area contributed by atoms with E-state index >= 15 is 0 Å². The maximum Gasteiger partial charge on any atom is 0.410 e. The van der Waals surface area contributed by atoms with E-state index in [9.17, 15) is 4.79 Å². The zero-order chi connectivity index (χ0) is 14.0. The summed E-state index contributed by atoms with van der Waals surface area (Å²) in [5.74, 6) is 0. The van der Waals surface area contributed by atoms with Crippen molar-refractivity contribution in [3.05, 3.63) is 21.3 Å². The molecule has 1 atom stereocenters. The molecule has 1 amide bonds. The maximum atomic E-state index is 12.3. The normalized spacial score (nSPS) is 20.4. The van der Waals surface area contributed by atoms with Crippen molar-refractivity contribution in [2.45, 2.75) is 32.4 Å². The van der Waals surface area contributed by atoms with E-state index in [1.165, 1.54) is 0 Å². The van der Waals surface area contributed by atoms with Crippen LogP contribution in [0.1, 0.15) is 31.7 Å². The Bertz CT molecular complexity index is 456. The summed E-state index contributed by atoms with van der Waals surface area (Å²) in [6, 6.07) is 1.82. The molecule has 1 saturated heterocycles. The monoisotopic (exact) mass is 302 g/mol. The number of nitrogens with zero attached hydrogens (tertiary/aromatic N) is 1. The second-order valence-corrected chi connectivity index (χ2v) is 6.88. The number of ether oxygens (including phenoxy) is 1. The Morgan fingerprint density at radius 1 is 1.58 bits per heavy atom. The first-order chi connectivity index (χ1) is 8.88. The van der Waals surface area contributed by atoms with Gasteiger partial charge in [-0.3, -0.25) is 4.90 Å². The van der Waals surface area contributed by atoms with Gasteiger partial charge in [-0.2, -0.15) is 0 Å². The average Bonchev–Trinajstić information content (AvgIpc) is 2.73. The summed E-state index contributed by atoms with van der Waals surface area (Å²) in [4.78, 5) is 15.0. The maximum absolute atomic E-state index is 12.3. The molecule has 0 aliphatic carbocycles. The average molecular weight is 303 g/mol. The fourth-order valence-corrected chi connectivity index (χ4v) is 3.32. The van der Waals surface area contributed by atoms with Crippen molar-refractivity contribution in [2.75, 3.05) is 19.6 Å². The minimum atomic E-state index is -0.480. The Kier molecular flexibility index (Phi) is 4.38. The largest absolute Gasteiger partial charge is 0.444 e. The quantitative estimate of drug-likeness (QED) is 0.865. The molecule has 1 aromatic rings. The molecule has 0 radical (unpaired) electrons. The Balaban J connectivity index is 2.17. The van der Waals surface area contributed by atoms with Crippen molar-refractivity contribution in [3.63, 3.8) is 0 Å². The molecule has 0 aromatic carbocycles. The van der Waals surface area contributed by atoms with Crippen LogP contribution in [0.4, 0.5) is 4.79 Å². The molecule has 0 spiro atoms. The zero-order valence-corrected chi connectivity index (χ0v) is 13.0. The standard InChI is InChI=1S/C13H19ClN2O2S/c1-13(2,3)18-12(17)16-6-5-15-8-10(16)11-9(14)4-7-19-11/h4,7,10,15H,5-6,8H2,1-3H3. The number of carbonyl (C=O) groups is 1. The van der Waals surface area contributed by atoms with E-state index in [1.807, 2.05) is 32.2 Å². The van der Waals surface area contributed by atoms with Crippen molar-refractivity contribution in [3.8, 4) is 0 Å². The van der Waals surface area contributed by atoms with Crippen LogP contribution >= 0.6 is 22.9 Å². The van der Waals surface area contributed by atoms with E-state index in [4.69, 9.17) is 16.3 Å². The van der Waals surface area contributed by atoms with Crippen LogP contribution in [0, 0.1) is 0 Å². The van der Waals surface area contributed by atoms with Gasteiger partial charge in [0.2, 0.25) is 0 Å². The lowest BCUT2D eigenvalue weighted by molar-refractivity contribution is 0.0122. The van der Waals surface area contributed by atoms with E-state index in [0.717, 1.165) is 11.4 Å². The SMILES string of the molecule is CC(C)(C)OC(=O)N1CCNCC1c1sccc1Cl. The lowest BCUT2D eigenvalue weighted by Crippen LogP contribution is -2.50. The zero-order valence-electron chi connectivity index (χ0n) is 11.4. The van der Waals surface area contributed by atoms with Gasteiger partial charge in [0, 0.05) is 24.5 Å². The van der Waals surface area contributed by atoms with Crippen molar-refractivity contribution < 1.29 is 9.53 Å². The molecule has 1 unspecified atom stereocenters. The summed E-state index contributed by atoms with van der Waals surface area (Å²) in [5, 5.41) is 5.96. The fraction of sp³-hybridized carbons (Fsp3) is 0.615. The van der Waals surface area contributed by atoms with E-state index in [2.05, 4.69) is 5.32 Å². The van der Waals surface area contributed by atoms with Crippen LogP contribution in [0.3, 0.4) is 0 Å². The molecule has 1 aliphatic heterocycles. The van der Waals surface area contributed by atoms with Gasteiger partial charge in [-0.15, -0.1) is 11.3 Å². The minimum absolute atomic E-state index is 0.0453. The van der Waals surface area contributed by atoms with Gasteiger partial charge in [0.15, 0.2) is 0 Å². The number of halogens is 1. The van der Waals surface area contributed by atoms with E-state index in [-0.39, 0.29) is 12.1 Å². The third-order valence-corrected chi connectivity index (χ3v) is 4.28. The molecular formula is C13H19ClN2O2S. The Morgan fingerprint density at radius 2 is 2.32 bits per heavy atom. The summed E-state index contributed by atoms with van der Waals surface area (Å²) < 4.78 is 5.47. The van der Waals surface area contributed by atoms with Gasteiger partial charge in [0.05, 0.1) is 11.1 Å². The molecule has 1 fully saturated rings. The Labute approximate surface area is 122 Å². The predicted octanol–water partition coefficient (Wildman–Crippen LogP) is 3.28. The van der Waals surface area contributed by atoms with Crippen LogP contribution in [0.15, 0.2) is 11.4 Å². The minimum Gasteiger partial charge on any atom is -0.444 e. The molecule has 0 bridgehead atoms. The molecule has 2 heterocycles. The van der Waals surface area contributed by atoms with Crippen LogP contribution in [0.5, 0.6) is 0 Å². The molecule has 19 heavy (non-hydrogen) atoms. The third kappa shape index (κ3) is 3.61. The summed E-state index contributed by atoms with van der Waals surface area (Å²) in [7, 11) is 0. The first-order valence-electron chi connectivity index (χ1n) is 6.32. The van der Waals surface area contributed by atoms with Crippen molar-refractivity contribution >= 4 is 29.0 Å². The van der Waals surface area contributed by atoms with Gasteiger partial charge in [0.25, 0.3) is 0 Å². The van der Waals surface area contributed by atoms with Crippen LogP contribution < -0.4 is 5.32 Å². The van der Waals surface area contributed by atoms with Gasteiger partial charge in [-0.1, -0.05) is 11.6 Å². The Hall–Kier alpha value is -0.780. The molecular weight excluding hydrogens is 284 g/mol. The topological polar surface area (TPSA) is 41.6 Å². The summed E-state index contributed by atoms with van der Waals surface area (Å²) in [6.45, 7) is 7.74. The summed E-state index contributed by atoms with van der Waals surface area (Å²) in [5.41, 5.74) is -0.480. The van der Waals surface area contributed by atoms with E-state index in [0.29, 0.717) is 18.1 Å². The second kappa shape index (κ2) is 5.69. The fourth-order valence-electron chi connectivity index (χ4n) is 2.02. The molecule has 1 aromatic heterocycles. The first-order valence-corrected chi connectivity index (χ1v) is 7.57. The predicted molar refractivity (Wildman–Crippen MR) is 77.9 cm³/mol. The molecule has 2 rings (SSSR count). The van der Waals surface area contributed by atoms with Gasteiger partial charge < -0.3 is 10.1 Å². The lowest BCUT2D eigenvalue weighted by atomic mass is 10.1. The number of hydrogen-bond donors (Lipinski definition) is 1. The molecule has 1 N–H and O–H groups in total. The molecule has 1 aliphatic rings. The Morgan fingerprint density at radius 3 is 2.89 bits per heavy atom. The number of nitrogens with one attached hydrogen (secondary N) is 1. The number of piperazine rings is 1. The second-order valence-electron chi connectivity index (χ2n) is 5.53. The number of rotatable bonds is 1. The molecule has 0 saturated carbocycles. The molecule has 106 valence electrons. The first kappa shape index (κ1) is 14.6. The van der Waals surface area contributed by atoms with Gasteiger partial charge >= 0.3 is 6.09 Å². The highest BCUT2D eigenvalue weighted by Crippen LogP contribution is 2.33. The number of amides is 1. The van der Waals surface area contributed by atoms with Gasteiger partial charge in [0.1, 0.15) is 5.60 Å². The van der Waals surface area contributed by atoms with Gasteiger partial charge in [-0.25, -0.2) is 4.79 Å². The van der Waals surface area contributed by atoms with E-state index in [1.54, 1.807) is 16.2 Å². The number of carbonyl (C=O) groups excluding carboxylic acids is 1. The number of thiophene rings is 1. The highest BCUT2D eigenvalue weighted by Gasteiger charge is 2.32. The summed E-state index contributed by atoms with van der Waals surface area (Å²) >= 11 is 7.75. The highest BCUT2D eigenvalue weighted by atomic mass is 35.5. The molecule has 6 heteroatoms. The van der Waals surface area contributed by atoms with Crippen LogP contribution in [0.25, 0.3) is 0 Å². The van der Waals surface area contributed by atoms with Crippen molar-refractivity contribution in [2.24, 2.45) is 0 Å². The van der Waals surface area contributed by atoms with Crippen LogP contribution in [-0.4, -0.2) is 36.2 Å². The number of hydrogen-bond acceptors (Lipinski definition) is 4.